The van der Waals surface area contributed by atoms with Gasteiger partial charge in [0.2, 0.25) is 11.8 Å². The molecule has 0 saturated heterocycles. The van der Waals surface area contributed by atoms with Crippen molar-refractivity contribution >= 4 is 40.4 Å². The molecule has 2 aromatic carbocycles. The smallest absolute Gasteiger partial charge is 0.228 e. The van der Waals surface area contributed by atoms with Crippen LogP contribution in [0.3, 0.4) is 0 Å². The fraction of sp³-hybridized carbons (Fsp3) is 0.150. The molecule has 2 heterocycles. The van der Waals surface area contributed by atoms with E-state index in [2.05, 4.69) is 15.6 Å². The first-order chi connectivity index (χ1) is 13.1. The summed E-state index contributed by atoms with van der Waals surface area (Å²) in [5.74, 6) is -0.0410. The lowest BCUT2D eigenvalue weighted by Gasteiger charge is -2.04. The quantitative estimate of drug-likeness (QED) is 0.687. The number of nitrogens with one attached hydrogen (secondary N) is 2. The Morgan fingerprint density at radius 2 is 2.04 bits per heavy atom. The average molecular weight is 398 g/mol. The summed E-state index contributed by atoms with van der Waals surface area (Å²) in [5.41, 5.74) is 4.60. The average Bonchev–Trinajstić information content (AvgIpc) is 3.26. The highest BCUT2D eigenvalue weighted by molar-refractivity contribution is 7.09. The third-order valence-corrected chi connectivity index (χ3v) is 5.39. The van der Waals surface area contributed by atoms with Gasteiger partial charge in [-0.1, -0.05) is 29.8 Å². The third-order valence-electron chi connectivity index (χ3n) is 4.29. The second-order valence-electron chi connectivity index (χ2n) is 6.30. The van der Waals surface area contributed by atoms with Gasteiger partial charge in [-0.15, -0.1) is 11.3 Å². The summed E-state index contributed by atoms with van der Waals surface area (Å²) in [5, 5.41) is 9.18. The number of carbonyl (C=O) groups excluding carboxylic acids is 2. The van der Waals surface area contributed by atoms with Gasteiger partial charge in [-0.25, -0.2) is 4.98 Å². The summed E-state index contributed by atoms with van der Waals surface area (Å²) in [7, 11) is 0. The molecule has 136 valence electrons. The van der Waals surface area contributed by atoms with E-state index in [1.165, 1.54) is 11.3 Å². The lowest BCUT2D eigenvalue weighted by atomic mass is 10.1. The van der Waals surface area contributed by atoms with E-state index >= 15 is 0 Å². The predicted molar refractivity (Wildman–Crippen MR) is 107 cm³/mol. The van der Waals surface area contributed by atoms with Crippen molar-refractivity contribution in [3.63, 3.8) is 0 Å². The molecule has 2 amide bonds. The standard InChI is InChI=1S/C20H16ClN3O2S/c21-15-4-1-12(2-5-15)7-18(25)22-10-20-24-17(11-27-20)13-3-6-16-14(8-13)9-19(26)23-16/h1-6,8,11H,7,9-10H2,(H,22,25)(H,23,26). The first-order valence-corrected chi connectivity index (χ1v) is 9.71. The largest absolute Gasteiger partial charge is 0.349 e. The Balaban J connectivity index is 1.37. The Morgan fingerprint density at radius 1 is 1.22 bits per heavy atom. The molecule has 4 rings (SSSR count). The molecule has 1 aliphatic heterocycles. The molecular weight excluding hydrogens is 382 g/mol. The zero-order chi connectivity index (χ0) is 18.8. The van der Waals surface area contributed by atoms with E-state index < -0.39 is 0 Å². The van der Waals surface area contributed by atoms with Gasteiger partial charge in [0.1, 0.15) is 5.01 Å². The Labute approximate surface area is 165 Å². The van der Waals surface area contributed by atoms with Gasteiger partial charge in [0, 0.05) is 21.7 Å². The van der Waals surface area contributed by atoms with Gasteiger partial charge >= 0.3 is 0 Å². The van der Waals surface area contributed by atoms with E-state index in [0.29, 0.717) is 24.4 Å². The van der Waals surface area contributed by atoms with E-state index in [1.807, 2.05) is 35.7 Å². The van der Waals surface area contributed by atoms with Crippen molar-refractivity contribution in [2.24, 2.45) is 0 Å². The van der Waals surface area contributed by atoms with Crippen molar-refractivity contribution in [1.29, 1.82) is 0 Å². The summed E-state index contributed by atoms with van der Waals surface area (Å²) in [6.07, 6.45) is 0.710. The molecule has 5 nitrogen and oxygen atoms in total. The number of anilines is 1. The number of aromatic nitrogens is 1. The molecule has 1 aliphatic rings. The highest BCUT2D eigenvalue weighted by Crippen LogP contribution is 2.29. The Hall–Kier alpha value is -2.70. The van der Waals surface area contributed by atoms with Crippen LogP contribution in [-0.4, -0.2) is 16.8 Å². The predicted octanol–water partition coefficient (Wildman–Crippen LogP) is 3.82. The van der Waals surface area contributed by atoms with Gasteiger partial charge < -0.3 is 10.6 Å². The SMILES string of the molecule is O=C(Cc1ccc(Cl)cc1)NCc1nc(-c2ccc3c(c2)CC(=O)N3)cs1. The van der Waals surface area contributed by atoms with E-state index in [0.717, 1.165) is 33.1 Å². The van der Waals surface area contributed by atoms with Crippen LogP contribution >= 0.6 is 22.9 Å². The Bertz CT molecular complexity index is 1010. The molecule has 2 N–H and O–H groups in total. The molecule has 0 spiro atoms. The van der Waals surface area contributed by atoms with Crippen LogP contribution in [0.5, 0.6) is 0 Å². The molecule has 3 aromatic rings. The van der Waals surface area contributed by atoms with Crippen molar-refractivity contribution in [1.82, 2.24) is 10.3 Å². The van der Waals surface area contributed by atoms with E-state index in [1.54, 1.807) is 12.1 Å². The van der Waals surface area contributed by atoms with Gasteiger partial charge in [0.25, 0.3) is 0 Å². The zero-order valence-corrected chi connectivity index (χ0v) is 15.9. The van der Waals surface area contributed by atoms with Gasteiger partial charge in [-0.05, 0) is 35.4 Å². The first-order valence-electron chi connectivity index (χ1n) is 8.45. The van der Waals surface area contributed by atoms with Crippen molar-refractivity contribution in [2.75, 3.05) is 5.32 Å². The monoisotopic (exact) mass is 397 g/mol. The number of rotatable bonds is 5. The fourth-order valence-electron chi connectivity index (χ4n) is 2.94. The van der Waals surface area contributed by atoms with Crippen molar-refractivity contribution in [3.8, 4) is 11.3 Å². The Kier molecular flexibility index (Phi) is 4.92. The normalized spacial score (nSPS) is 12.6. The number of amides is 2. The van der Waals surface area contributed by atoms with E-state index in [-0.39, 0.29) is 11.8 Å². The molecule has 0 aliphatic carbocycles. The molecule has 7 heteroatoms. The topological polar surface area (TPSA) is 71.1 Å². The maximum Gasteiger partial charge on any atom is 0.228 e. The summed E-state index contributed by atoms with van der Waals surface area (Å²) in [4.78, 5) is 28.2. The molecule has 0 bridgehead atoms. The number of benzene rings is 2. The van der Waals surface area contributed by atoms with Crippen LogP contribution in [0.15, 0.2) is 47.8 Å². The van der Waals surface area contributed by atoms with Crippen molar-refractivity contribution in [3.05, 3.63) is 69.0 Å². The fourth-order valence-corrected chi connectivity index (χ4v) is 3.81. The van der Waals surface area contributed by atoms with E-state index in [4.69, 9.17) is 11.6 Å². The summed E-state index contributed by atoms with van der Waals surface area (Å²) in [6.45, 7) is 0.391. The van der Waals surface area contributed by atoms with Crippen LogP contribution in [0, 0.1) is 0 Å². The minimum Gasteiger partial charge on any atom is -0.349 e. The number of carbonyl (C=O) groups is 2. The minimum atomic E-state index is -0.0591. The highest BCUT2D eigenvalue weighted by atomic mass is 35.5. The number of halogens is 1. The van der Waals surface area contributed by atoms with Crippen LogP contribution in [-0.2, 0) is 29.0 Å². The van der Waals surface area contributed by atoms with Crippen molar-refractivity contribution < 1.29 is 9.59 Å². The minimum absolute atomic E-state index is 0.0181. The zero-order valence-electron chi connectivity index (χ0n) is 14.3. The molecule has 0 atom stereocenters. The molecule has 1 aromatic heterocycles. The van der Waals surface area contributed by atoms with Gasteiger partial charge in [-0.2, -0.15) is 0 Å². The first kappa shape index (κ1) is 17.7. The number of thiazole rings is 1. The second kappa shape index (κ2) is 7.50. The Morgan fingerprint density at radius 3 is 2.85 bits per heavy atom. The molecule has 27 heavy (non-hydrogen) atoms. The van der Waals surface area contributed by atoms with Crippen LogP contribution in [0.2, 0.25) is 5.02 Å². The summed E-state index contributed by atoms with van der Waals surface area (Å²) in [6, 6.07) is 13.1. The molecule has 0 unspecified atom stereocenters. The van der Waals surface area contributed by atoms with Crippen molar-refractivity contribution in [2.45, 2.75) is 19.4 Å². The molecule has 0 radical (unpaired) electrons. The number of nitrogens with zero attached hydrogens (tertiary/aromatic N) is 1. The molecule has 0 saturated carbocycles. The summed E-state index contributed by atoms with van der Waals surface area (Å²) >= 11 is 7.36. The van der Waals surface area contributed by atoms with Crippen LogP contribution < -0.4 is 10.6 Å². The van der Waals surface area contributed by atoms with Crippen LogP contribution in [0.4, 0.5) is 5.69 Å². The number of hydrogen-bond acceptors (Lipinski definition) is 4. The number of fused-ring (bicyclic) bond motifs is 1. The van der Waals surface area contributed by atoms with Gasteiger partial charge in [0.05, 0.1) is 25.1 Å². The van der Waals surface area contributed by atoms with Gasteiger partial charge in [-0.3, -0.25) is 9.59 Å². The maximum atomic E-state index is 12.1. The third kappa shape index (κ3) is 4.18. The lowest BCUT2D eigenvalue weighted by Crippen LogP contribution is -2.24. The van der Waals surface area contributed by atoms with Crippen LogP contribution in [0.1, 0.15) is 16.1 Å². The maximum absolute atomic E-state index is 12.1. The molecular formula is C20H16ClN3O2S. The van der Waals surface area contributed by atoms with Gasteiger partial charge in [0.15, 0.2) is 0 Å². The van der Waals surface area contributed by atoms with Crippen LogP contribution in [0.25, 0.3) is 11.3 Å². The lowest BCUT2D eigenvalue weighted by molar-refractivity contribution is -0.120. The molecule has 0 fully saturated rings. The summed E-state index contributed by atoms with van der Waals surface area (Å²) < 4.78 is 0. The van der Waals surface area contributed by atoms with E-state index in [9.17, 15) is 9.59 Å². The second-order valence-corrected chi connectivity index (χ2v) is 7.68. The highest BCUT2D eigenvalue weighted by Gasteiger charge is 2.18. The number of hydrogen-bond donors (Lipinski definition) is 2.